The topological polar surface area (TPSA) is 50.4 Å². The Hall–Kier alpha value is -1.69. The summed E-state index contributed by atoms with van der Waals surface area (Å²) in [6.45, 7) is 4.06. The van der Waals surface area contributed by atoms with E-state index < -0.39 is 6.10 Å². The molecule has 1 aliphatic rings. The normalized spacial score (nSPS) is 19.3. The fourth-order valence-electron chi connectivity index (χ4n) is 2.80. The van der Waals surface area contributed by atoms with E-state index in [0.717, 1.165) is 13.0 Å². The van der Waals surface area contributed by atoms with Crippen LogP contribution in [0.3, 0.4) is 0 Å². The molecule has 122 valence electrons. The molecule has 23 heavy (non-hydrogen) atoms. The van der Waals surface area contributed by atoms with Crippen molar-refractivity contribution < 1.29 is 9.53 Å². The molecule has 1 fully saturated rings. The van der Waals surface area contributed by atoms with Crippen molar-refractivity contribution in [1.82, 2.24) is 10.6 Å². The average Bonchev–Trinajstić information content (AvgIpc) is 3.02. The highest BCUT2D eigenvalue weighted by Gasteiger charge is 2.26. The molecule has 1 saturated heterocycles. The molecule has 2 unspecified atom stereocenters. The van der Waals surface area contributed by atoms with E-state index in [1.807, 2.05) is 18.2 Å². The number of carbonyl (C=O) groups excluding carboxylic acids is 1. The van der Waals surface area contributed by atoms with Crippen molar-refractivity contribution in [2.24, 2.45) is 0 Å². The third-order valence-corrected chi connectivity index (χ3v) is 5.17. The van der Waals surface area contributed by atoms with Gasteiger partial charge in [0, 0.05) is 18.0 Å². The summed E-state index contributed by atoms with van der Waals surface area (Å²) < 4.78 is 5.57. The Balaban J connectivity index is 1.75. The number of carbonyl (C=O) groups is 1. The first-order valence-electron chi connectivity index (χ1n) is 7.94. The van der Waals surface area contributed by atoms with Gasteiger partial charge in [-0.15, -0.1) is 11.3 Å². The number of thiophene rings is 1. The van der Waals surface area contributed by atoms with Crippen LogP contribution >= 0.6 is 11.3 Å². The van der Waals surface area contributed by atoms with Gasteiger partial charge in [-0.3, -0.25) is 4.79 Å². The van der Waals surface area contributed by atoms with Crippen LogP contribution in [0.5, 0.6) is 0 Å². The Morgan fingerprint density at radius 1 is 1.39 bits per heavy atom. The fourth-order valence-corrected chi connectivity index (χ4v) is 3.78. The predicted octanol–water partition coefficient (Wildman–Crippen LogP) is 2.44. The molecule has 0 spiro atoms. The first-order chi connectivity index (χ1) is 11.2. The van der Waals surface area contributed by atoms with Gasteiger partial charge in [0.15, 0.2) is 0 Å². The van der Waals surface area contributed by atoms with E-state index in [1.165, 1.54) is 16.0 Å². The molecule has 1 amide bonds. The standard InChI is InChI=1S/C18H22N2O2S/c1-13-7-10-23-17(13)15(11-14-5-3-2-4-6-14)20-18(21)16-12-19-8-9-22-16/h2-7,10,15-16,19H,8-9,11-12H2,1H3,(H,20,21). The van der Waals surface area contributed by atoms with Crippen molar-refractivity contribution in [3.63, 3.8) is 0 Å². The molecular formula is C18H22N2O2S. The molecule has 4 nitrogen and oxygen atoms in total. The number of rotatable bonds is 5. The maximum absolute atomic E-state index is 12.5. The van der Waals surface area contributed by atoms with Crippen LogP contribution in [0.25, 0.3) is 0 Å². The Morgan fingerprint density at radius 3 is 2.87 bits per heavy atom. The zero-order valence-electron chi connectivity index (χ0n) is 13.2. The lowest BCUT2D eigenvalue weighted by atomic mass is 10.0. The third kappa shape index (κ3) is 4.19. The van der Waals surface area contributed by atoms with Crippen LogP contribution in [0.1, 0.15) is 22.0 Å². The number of morpholine rings is 1. The second-order valence-electron chi connectivity index (χ2n) is 5.78. The quantitative estimate of drug-likeness (QED) is 0.885. The van der Waals surface area contributed by atoms with E-state index in [4.69, 9.17) is 4.74 Å². The van der Waals surface area contributed by atoms with Crippen molar-refractivity contribution in [3.05, 3.63) is 57.8 Å². The molecule has 0 aliphatic carbocycles. The van der Waals surface area contributed by atoms with Crippen LogP contribution in [0.4, 0.5) is 0 Å². The van der Waals surface area contributed by atoms with Gasteiger partial charge in [0.2, 0.25) is 0 Å². The zero-order valence-corrected chi connectivity index (χ0v) is 14.1. The Bertz CT molecular complexity index is 635. The highest BCUT2D eigenvalue weighted by Crippen LogP contribution is 2.27. The summed E-state index contributed by atoms with van der Waals surface area (Å²) in [5.74, 6) is -0.0362. The van der Waals surface area contributed by atoms with E-state index in [-0.39, 0.29) is 11.9 Å². The smallest absolute Gasteiger partial charge is 0.250 e. The minimum absolute atomic E-state index is 0.0181. The molecule has 0 radical (unpaired) electrons. The van der Waals surface area contributed by atoms with Crippen molar-refractivity contribution >= 4 is 17.2 Å². The number of amides is 1. The van der Waals surface area contributed by atoms with Gasteiger partial charge in [-0.25, -0.2) is 0 Å². The van der Waals surface area contributed by atoms with Crippen molar-refractivity contribution in [1.29, 1.82) is 0 Å². The third-order valence-electron chi connectivity index (χ3n) is 4.04. The van der Waals surface area contributed by atoms with E-state index in [2.05, 4.69) is 41.1 Å². The van der Waals surface area contributed by atoms with Crippen molar-refractivity contribution in [2.75, 3.05) is 19.7 Å². The lowest BCUT2D eigenvalue weighted by molar-refractivity contribution is -0.135. The minimum atomic E-state index is -0.401. The molecule has 2 heterocycles. The molecule has 5 heteroatoms. The van der Waals surface area contributed by atoms with E-state index in [1.54, 1.807) is 11.3 Å². The van der Waals surface area contributed by atoms with Gasteiger partial charge in [-0.1, -0.05) is 30.3 Å². The van der Waals surface area contributed by atoms with Gasteiger partial charge < -0.3 is 15.4 Å². The molecule has 3 rings (SSSR count). The average molecular weight is 330 g/mol. The molecule has 2 N–H and O–H groups in total. The van der Waals surface area contributed by atoms with Gasteiger partial charge in [0.05, 0.1) is 12.6 Å². The summed E-state index contributed by atoms with van der Waals surface area (Å²) in [6.07, 6.45) is 0.385. The summed E-state index contributed by atoms with van der Waals surface area (Å²) in [6, 6.07) is 12.3. The first-order valence-corrected chi connectivity index (χ1v) is 8.82. The van der Waals surface area contributed by atoms with Crippen molar-refractivity contribution in [3.8, 4) is 0 Å². The minimum Gasteiger partial charge on any atom is -0.366 e. The fraction of sp³-hybridized carbons (Fsp3) is 0.389. The predicted molar refractivity (Wildman–Crippen MR) is 92.7 cm³/mol. The molecule has 1 aromatic carbocycles. The Labute approximate surface area is 140 Å². The van der Waals surface area contributed by atoms with Gasteiger partial charge in [0.25, 0.3) is 5.91 Å². The van der Waals surface area contributed by atoms with Crippen LogP contribution < -0.4 is 10.6 Å². The number of hydrogen-bond acceptors (Lipinski definition) is 4. The molecule has 2 atom stereocenters. The van der Waals surface area contributed by atoms with Gasteiger partial charge >= 0.3 is 0 Å². The highest BCUT2D eigenvalue weighted by molar-refractivity contribution is 7.10. The maximum atomic E-state index is 12.5. The molecular weight excluding hydrogens is 308 g/mol. The first kappa shape index (κ1) is 16.2. The van der Waals surface area contributed by atoms with Crippen molar-refractivity contribution in [2.45, 2.75) is 25.5 Å². The maximum Gasteiger partial charge on any atom is 0.250 e. The van der Waals surface area contributed by atoms with Crippen LogP contribution in [0.15, 0.2) is 41.8 Å². The van der Waals surface area contributed by atoms with Gasteiger partial charge in [-0.2, -0.15) is 0 Å². The summed E-state index contributed by atoms with van der Waals surface area (Å²) in [5, 5.41) is 8.46. The van der Waals surface area contributed by atoms with Gasteiger partial charge in [0.1, 0.15) is 6.10 Å². The number of hydrogen-bond donors (Lipinski definition) is 2. The van der Waals surface area contributed by atoms with Crippen LogP contribution in [-0.2, 0) is 16.0 Å². The lowest BCUT2D eigenvalue weighted by Crippen LogP contribution is -2.48. The summed E-state index contributed by atoms with van der Waals surface area (Å²) >= 11 is 1.69. The zero-order chi connectivity index (χ0) is 16.1. The largest absolute Gasteiger partial charge is 0.366 e. The summed E-state index contributed by atoms with van der Waals surface area (Å²) in [7, 11) is 0. The van der Waals surface area contributed by atoms with E-state index >= 15 is 0 Å². The lowest BCUT2D eigenvalue weighted by Gasteiger charge is -2.26. The monoisotopic (exact) mass is 330 g/mol. The number of benzene rings is 1. The number of aryl methyl sites for hydroxylation is 1. The molecule has 2 aromatic rings. The number of nitrogens with one attached hydrogen (secondary N) is 2. The summed E-state index contributed by atoms with van der Waals surface area (Å²) in [4.78, 5) is 13.7. The van der Waals surface area contributed by atoms with Gasteiger partial charge in [-0.05, 0) is 35.9 Å². The number of ether oxygens (including phenoxy) is 1. The SMILES string of the molecule is Cc1ccsc1C(Cc1ccccc1)NC(=O)C1CNCCO1. The molecule has 1 aliphatic heterocycles. The van der Waals surface area contributed by atoms with E-state index in [9.17, 15) is 4.79 Å². The highest BCUT2D eigenvalue weighted by atomic mass is 32.1. The van der Waals surface area contributed by atoms with E-state index in [0.29, 0.717) is 13.2 Å². The summed E-state index contributed by atoms with van der Waals surface area (Å²) in [5.41, 5.74) is 2.44. The van der Waals surface area contributed by atoms with Crippen LogP contribution in [-0.4, -0.2) is 31.7 Å². The van der Waals surface area contributed by atoms with Crippen LogP contribution in [0.2, 0.25) is 0 Å². The molecule has 0 saturated carbocycles. The van der Waals surface area contributed by atoms with Crippen LogP contribution in [0, 0.1) is 6.92 Å². The molecule has 0 bridgehead atoms. The molecule has 1 aromatic heterocycles. The second-order valence-corrected chi connectivity index (χ2v) is 6.73. The Kier molecular flexibility index (Phi) is 5.43. The second kappa shape index (κ2) is 7.73. The Morgan fingerprint density at radius 2 is 2.22 bits per heavy atom.